The minimum atomic E-state index is -0.593. The van der Waals surface area contributed by atoms with Crippen LogP contribution in [-0.4, -0.2) is 28.1 Å². The topological polar surface area (TPSA) is 40.5 Å². The molecule has 0 aromatic heterocycles. The number of carboxylic acids is 1. The molecule has 0 radical (unpaired) electrons. The van der Waals surface area contributed by atoms with Crippen molar-refractivity contribution in [3.05, 3.63) is 35.4 Å². The molecular weight excluding hydrogens is 262 g/mol. The summed E-state index contributed by atoms with van der Waals surface area (Å²) in [5, 5.41) is 9.46. The van der Waals surface area contributed by atoms with Gasteiger partial charge in [-0.3, -0.25) is 9.69 Å². The number of nitrogens with zero attached hydrogens (tertiary/aromatic N) is 1. The van der Waals surface area contributed by atoms with Crippen LogP contribution in [0, 0.1) is 5.92 Å². The lowest BCUT2D eigenvalue weighted by Crippen LogP contribution is -2.37. The van der Waals surface area contributed by atoms with Gasteiger partial charge in [0.05, 0.1) is 5.92 Å². The molecule has 112 valence electrons. The van der Waals surface area contributed by atoms with Gasteiger partial charge >= 0.3 is 5.97 Å². The van der Waals surface area contributed by atoms with Crippen LogP contribution < -0.4 is 0 Å². The first-order valence-electron chi connectivity index (χ1n) is 8.26. The fourth-order valence-electron chi connectivity index (χ4n) is 5.07. The van der Waals surface area contributed by atoms with E-state index in [2.05, 4.69) is 36.1 Å². The lowest BCUT2D eigenvalue weighted by Gasteiger charge is -2.38. The zero-order valence-corrected chi connectivity index (χ0v) is 12.5. The zero-order chi connectivity index (χ0) is 14.6. The molecule has 5 atom stereocenters. The van der Waals surface area contributed by atoms with Crippen molar-refractivity contribution in [2.24, 2.45) is 5.92 Å². The van der Waals surface area contributed by atoms with E-state index in [1.807, 2.05) is 0 Å². The molecule has 4 rings (SSSR count). The van der Waals surface area contributed by atoms with Gasteiger partial charge in [-0.05, 0) is 49.1 Å². The first-order valence-corrected chi connectivity index (χ1v) is 8.26. The van der Waals surface area contributed by atoms with Gasteiger partial charge in [0.2, 0.25) is 0 Å². The van der Waals surface area contributed by atoms with Crippen molar-refractivity contribution in [3.8, 4) is 0 Å². The third kappa shape index (κ3) is 1.94. The Bertz CT molecular complexity index is 570. The van der Waals surface area contributed by atoms with Crippen LogP contribution in [0.4, 0.5) is 0 Å². The summed E-state index contributed by atoms with van der Waals surface area (Å²) in [5.41, 5.74) is 2.94. The molecule has 2 aliphatic heterocycles. The highest BCUT2D eigenvalue weighted by Crippen LogP contribution is 2.50. The Kier molecular flexibility index (Phi) is 3.07. The molecule has 2 saturated heterocycles. The Morgan fingerprint density at radius 3 is 2.62 bits per heavy atom. The Labute approximate surface area is 126 Å². The monoisotopic (exact) mass is 285 g/mol. The third-order valence-corrected chi connectivity index (χ3v) is 6.03. The van der Waals surface area contributed by atoms with Crippen molar-refractivity contribution < 1.29 is 9.90 Å². The third-order valence-electron chi connectivity index (χ3n) is 6.03. The van der Waals surface area contributed by atoms with Crippen LogP contribution in [0.2, 0.25) is 0 Å². The molecule has 2 fully saturated rings. The maximum absolute atomic E-state index is 11.5. The molecule has 1 aromatic rings. The summed E-state index contributed by atoms with van der Waals surface area (Å²) >= 11 is 0. The number of fused-ring (bicyclic) bond motifs is 3. The number of aliphatic carboxylic acids is 1. The quantitative estimate of drug-likeness (QED) is 0.903. The summed E-state index contributed by atoms with van der Waals surface area (Å²) in [7, 11) is 0. The first-order chi connectivity index (χ1) is 10.2. The molecule has 1 aliphatic carbocycles. The molecule has 21 heavy (non-hydrogen) atoms. The average molecular weight is 285 g/mol. The van der Waals surface area contributed by atoms with Crippen LogP contribution in [0.25, 0.3) is 0 Å². The van der Waals surface area contributed by atoms with E-state index < -0.39 is 5.97 Å². The van der Waals surface area contributed by atoms with Crippen molar-refractivity contribution >= 4 is 5.97 Å². The molecule has 0 spiro atoms. The van der Waals surface area contributed by atoms with E-state index in [0.717, 1.165) is 12.8 Å². The van der Waals surface area contributed by atoms with E-state index in [4.69, 9.17) is 0 Å². The molecule has 3 nitrogen and oxygen atoms in total. The smallest absolute Gasteiger partial charge is 0.308 e. The number of rotatable bonds is 2. The fraction of sp³-hybridized carbons (Fsp3) is 0.611. The molecular formula is C18H23NO2. The van der Waals surface area contributed by atoms with Gasteiger partial charge in [0.25, 0.3) is 0 Å². The summed E-state index contributed by atoms with van der Waals surface area (Å²) in [6.07, 6.45) is 5.50. The van der Waals surface area contributed by atoms with Crippen molar-refractivity contribution in [2.75, 3.05) is 0 Å². The van der Waals surface area contributed by atoms with E-state index in [0.29, 0.717) is 18.0 Å². The maximum Gasteiger partial charge on any atom is 0.308 e. The summed E-state index contributed by atoms with van der Waals surface area (Å²) < 4.78 is 0. The number of carboxylic acid groups (broad SMARTS) is 1. The van der Waals surface area contributed by atoms with Gasteiger partial charge in [-0.25, -0.2) is 0 Å². The van der Waals surface area contributed by atoms with E-state index >= 15 is 0 Å². The molecule has 0 saturated carbocycles. The molecule has 3 heteroatoms. The lowest BCUT2D eigenvalue weighted by atomic mass is 9.80. The normalized spacial score (nSPS) is 38.4. The summed E-state index contributed by atoms with van der Waals surface area (Å²) in [4.78, 5) is 14.1. The Morgan fingerprint density at radius 1 is 1.14 bits per heavy atom. The van der Waals surface area contributed by atoms with Crippen LogP contribution >= 0.6 is 0 Å². The van der Waals surface area contributed by atoms with Gasteiger partial charge in [0.15, 0.2) is 0 Å². The number of hydrogen-bond donors (Lipinski definition) is 1. The van der Waals surface area contributed by atoms with E-state index in [-0.39, 0.29) is 12.0 Å². The second-order valence-corrected chi connectivity index (χ2v) is 7.05. The molecule has 5 unspecified atom stereocenters. The van der Waals surface area contributed by atoms with Gasteiger partial charge < -0.3 is 5.11 Å². The maximum atomic E-state index is 11.5. The molecule has 2 bridgehead atoms. The summed E-state index contributed by atoms with van der Waals surface area (Å²) in [6.45, 7) is 2.31. The number of benzene rings is 1. The number of hydrogen-bond acceptors (Lipinski definition) is 2. The summed E-state index contributed by atoms with van der Waals surface area (Å²) in [6, 6.07) is 10.00. The molecule has 1 N–H and O–H groups in total. The second-order valence-electron chi connectivity index (χ2n) is 7.05. The van der Waals surface area contributed by atoms with Gasteiger partial charge in [-0.1, -0.05) is 31.2 Å². The fourth-order valence-corrected chi connectivity index (χ4v) is 5.07. The van der Waals surface area contributed by atoms with Crippen LogP contribution in [0.5, 0.6) is 0 Å². The van der Waals surface area contributed by atoms with Crippen molar-refractivity contribution in [2.45, 2.75) is 63.1 Å². The molecule has 0 amide bonds. The average Bonchev–Trinajstić information content (AvgIpc) is 3.06. The first kappa shape index (κ1) is 13.3. The summed E-state index contributed by atoms with van der Waals surface area (Å²) in [5.74, 6) is -0.104. The highest BCUT2D eigenvalue weighted by molar-refractivity contribution is 5.71. The van der Waals surface area contributed by atoms with Crippen LogP contribution in [-0.2, 0) is 4.79 Å². The van der Waals surface area contributed by atoms with Crippen LogP contribution in [0.3, 0.4) is 0 Å². The highest BCUT2D eigenvalue weighted by atomic mass is 16.4. The van der Waals surface area contributed by atoms with Crippen LogP contribution in [0.1, 0.15) is 62.1 Å². The largest absolute Gasteiger partial charge is 0.481 e. The van der Waals surface area contributed by atoms with Crippen molar-refractivity contribution in [1.82, 2.24) is 4.90 Å². The zero-order valence-electron chi connectivity index (χ0n) is 12.5. The Hall–Kier alpha value is -1.35. The van der Waals surface area contributed by atoms with Crippen molar-refractivity contribution in [1.29, 1.82) is 0 Å². The predicted molar refractivity (Wildman–Crippen MR) is 81.2 cm³/mol. The predicted octanol–water partition coefficient (Wildman–Crippen LogP) is 3.56. The standard InChI is InChI=1S/C18H23NO2/c1-11-6-8-16(14-5-3-2-4-13(11)14)19-12-7-9-17(19)15(10-12)18(20)21/h2-5,11-12,15-17H,6-10H2,1H3,(H,20,21). The van der Waals surface area contributed by atoms with E-state index in [1.54, 1.807) is 0 Å². The molecule has 3 aliphatic rings. The molecule has 1 aromatic carbocycles. The van der Waals surface area contributed by atoms with Crippen molar-refractivity contribution in [3.63, 3.8) is 0 Å². The van der Waals surface area contributed by atoms with E-state index in [1.165, 1.54) is 30.4 Å². The van der Waals surface area contributed by atoms with Gasteiger partial charge in [0.1, 0.15) is 0 Å². The highest BCUT2D eigenvalue weighted by Gasteiger charge is 2.52. The number of carbonyl (C=O) groups is 1. The minimum Gasteiger partial charge on any atom is -0.481 e. The lowest BCUT2D eigenvalue weighted by molar-refractivity contribution is -0.142. The molecule has 2 heterocycles. The van der Waals surface area contributed by atoms with Crippen LogP contribution in [0.15, 0.2) is 24.3 Å². The second kappa shape index (κ2) is 4.84. The van der Waals surface area contributed by atoms with E-state index in [9.17, 15) is 9.90 Å². The minimum absolute atomic E-state index is 0.143. The SMILES string of the molecule is CC1CCC(N2C3CCC2C(C(=O)O)C3)c2ccccc21. The Balaban J connectivity index is 1.69. The van der Waals surface area contributed by atoms with Gasteiger partial charge in [-0.2, -0.15) is 0 Å². The van der Waals surface area contributed by atoms with Gasteiger partial charge in [0, 0.05) is 18.1 Å². The van der Waals surface area contributed by atoms with Gasteiger partial charge in [-0.15, -0.1) is 0 Å². The Morgan fingerprint density at radius 2 is 1.90 bits per heavy atom.